The number of ether oxygens (including phenoxy) is 4. The van der Waals surface area contributed by atoms with Gasteiger partial charge in [0.15, 0.2) is 28.7 Å². The molecule has 25 heavy (non-hydrogen) atoms. The third kappa shape index (κ3) is 3.65. The van der Waals surface area contributed by atoms with Crippen LogP contribution in [0.5, 0.6) is 28.7 Å². The molecule has 7 nitrogen and oxygen atoms in total. The van der Waals surface area contributed by atoms with E-state index in [9.17, 15) is 10.0 Å². The molecule has 1 N–H and O–H groups in total. The van der Waals surface area contributed by atoms with Gasteiger partial charge in [0.2, 0.25) is 5.75 Å². The molecule has 0 heterocycles. The van der Waals surface area contributed by atoms with E-state index < -0.39 is 0 Å². The Morgan fingerprint density at radius 2 is 1.48 bits per heavy atom. The number of rotatable bonds is 7. The van der Waals surface area contributed by atoms with Crippen molar-refractivity contribution < 1.29 is 24.1 Å². The Bertz CT molecular complexity index is 775. The number of methoxy groups -OCH3 is 4. The zero-order chi connectivity index (χ0) is 18.4. The average Bonchev–Trinajstić information content (AvgIpc) is 2.65. The smallest absolute Gasteiger partial charge is 0.203 e. The van der Waals surface area contributed by atoms with Gasteiger partial charge in [-0.15, -0.1) is 4.91 Å². The van der Waals surface area contributed by atoms with Crippen LogP contribution in [-0.4, -0.2) is 33.5 Å². The lowest BCUT2D eigenvalue weighted by atomic mass is 10.1. The summed E-state index contributed by atoms with van der Waals surface area (Å²) >= 11 is 0. The summed E-state index contributed by atoms with van der Waals surface area (Å²) in [7, 11) is 5.98. The maximum atomic E-state index is 11.1. The summed E-state index contributed by atoms with van der Waals surface area (Å²) in [5.41, 5.74) is 1.10. The van der Waals surface area contributed by atoms with Crippen molar-refractivity contribution in [3.05, 3.63) is 40.3 Å². The molecule has 2 rings (SSSR count). The van der Waals surface area contributed by atoms with E-state index in [1.807, 2.05) is 0 Å². The van der Waals surface area contributed by atoms with E-state index in [0.29, 0.717) is 22.8 Å². The van der Waals surface area contributed by atoms with Gasteiger partial charge in [-0.2, -0.15) is 0 Å². The highest BCUT2D eigenvalue weighted by atomic mass is 16.5. The lowest BCUT2D eigenvalue weighted by molar-refractivity contribution is 0.324. The molecule has 0 saturated carbocycles. The van der Waals surface area contributed by atoms with Crippen molar-refractivity contribution in [3.63, 3.8) is 0 Å². The van der Waals surface area contributed by atoms with Crippen molar-refractivity contribution in [1.82, 2.24) is 0 Å². The molecule has 0 aliphatic carbocycles. The molecular weight excluding hydrogens is 326 g/mol. The van der Waals surface area contributed by atoms with Crippen LogP contribution in [0.2, 0.25) is 0 Å². The highest BCUT2D eigenvalue weighted by Crippen LogP contribution is 2.41. The maximum Gasteiger partial charge on any atom is 0.203 e. The van der Waals surface area contributed by atoms with Gasteiger partial charge in [-0.1, -0.05) is 12.2 Å². The van der Waals surface area contributed by atoms with Crippen LogP contribution in [0.1, 0.15) is 11.1 Å². The number of aromatic hydroxyl groups is 1. The van der Waals surface area contributed by atoms with Gasteiger partial charge in [-0.05, 0) is 35.0 Å². The SMILES string of the molecule is COc1ccc(/C=C\c2cc(OC)c(OC)c(OC)c2)c(N=O)c1O. The largest absolute Gasteiger partial charge is 0.503 e. The van der Waals surface area contributed by atoms with Gasteiger partial charge < -0.3 is 24.1 Å². The van der Waals surface area contributed by atoms with Crippen molar-refractivity contribution in [2.45, 2.75) is 0 Å². The fourth-order valence-corrected chi connectivity index (χ4v) is 2.36. The van der Waals surface area contributed by atoms with E-state index in [-0.39, 0.29) is 17.2 Å². The van der Waals surface area contributed by atoms with Crippen molar-refractivity contribution >= 4 is 17.8 Å². The Morgan fingerprint density at radius 1 is 0.880 bits per heavy atom. The molecular formula is C18H19NO6. The van der Waals surface area contributed by atoms with Crippen molar-refractivity contribution in [1.29, 1.82) is 0 Å². The summed E-state index contributed by atoms with van der Waals surface area (Å²) in [6.07, 6.45) is 3.39. The number of hydrogen-bond donors (Lipinski definition) is 1. The highest BCUT2D eigenvalue weighted by molar-refractivity contribution is 5.80. The number of benzene rings is 2. The Labute approximate surface area is 145 Å². The van der Waals surface area contributed by atoms with Crippen LogP contribution in [0.4, 0.5) is 5.69 Å². The monoisotopic (exact) mass is 345 g/mol. The molecule has 132 valence electrons. The molecule has 0 radical (unpaired) electrons. The number of phenolic OH excluding ortho intramolecular Hbond substituents is 1. The highest BCUT2D eigenvalue weighted by Gasteiger charge is 2.14. The molecule has 0 aliphatic rings. The topological polar surface area (TPSA) is 86.6 Å². The molecule has 0 fully saturated rings. The molecule has 0 bridgehead atoms. The maximum absolute atomic E-state index is 11.1. The average molecular weight is 345 g/mol. The second kappa shape index (κ2) is 8.05. The third-order valence-corrected chi connectivity index (χ3v) is 3.60. The van der Waals surface area contributed by atoms with E-state index in [0.717, 1.165) is 5.56 Å². The van der Waals surface area contributed by atoms with Gasteiger partial charge in [0.05, 0.1) is 28.4 Å². The van der Waals surface area contributed by atoms with E-state index >= 15 is 0 Å². The molecule has 0 saturated heterocycles. The van der Waals surface area contributed by atoms with Crippen LogP contribution in [-0.2, 0) is 0 Å². The van der Waals surface area contributed by atoms with E-state index in [1.165, 1.54) is 28.4 Å². The second-order valence-electron chi connectivity index (χ2n) is 4.94. The van der Waals surface area contributed by atoms with Crippen LogP contribution in [0.15, 0.2) is 29.4 Å². The summed E-state index contributed by atoms with van der Waals surface area (Å²) in [6.45, 7) is 0. The van der Waals surface area contributed by atoms with E-state index in [2.05, 4.69) is 5.18 Å². The number of phenols is 1. The standard InChI is InChI=1S/C18H19NO6/c1-22-13-8-7-12(16(19-21)17(13)20)6-5-11-9-14(23-2)18(25-4)15(10-11)24-3/h5-10,20H,1-4H3/b6-5-. The quantitative estimate of drug-likeness (QED) is 0.603. The molecule has 2 aromatic carbocycles. The van der Waals surface area contributed by atoms with Gasteiger partial charge in [-0.3, -0.25) is 0 Å². The summed E-state index contributed by atoms with van der Waals surface area (Å²) in [5, 5.41) is 12.9. The first kappa shape index (κ1) is 18.1. The van der Waals surface area contributed by atoms with Crippen LogP contribution in [0, 0.1) is 4.91 Å². The molecule has 0 atom stereocenters. The summed E-state index contributed by atoms with van der Waals surface area (Å²) < 4.78 is 20.9. The van der Waals surface area contributed by atoms with Gasteiger partial charge >= 0.3 is 0 Å². The Morgan fingerprint density at radius 3 is 1.96 bits per heavy atom. The first-order valence-corrected chi connectivity index (χ1v) is 7.31. The number of nitrogens with zero attached hydrogens (tertiary/aromatic N) is 1. The number of nitroso groups, excluding NO2 is 1. The summed E-state index contributed by atoms with van der Waals surface area (Å²) in [4.78, 5) is 11.1. The summed E-state index contributed by atoms with van der Waals surface area (Å²) in [5.74, 6) is 1.38. The Balaban J connectivity index is 2.46. The molecule has 0 aliphatic heterocycles. The Hall–Kier alpha value is -3.22. The first-order valence-electron chi connectivity index (χ1n) is 7.31. The van der Waals surface area contributed by atoms with Crippen molar-refractivity contribution in [3.8, 4) is 28.7 Å². The predicted molar refractivity (Wildman–Crippen MR) is 95.1 cm³/mol. The predicted octanol–water partition coefficient (Wildman–Crippen LogP) is 3.99. The Kier molecular flexibility index (Phi) is 5.84. The minimum absolute atomic E-state index is 0.0944. The zero-order valence-corrected chi connectivity index (χ0v) is 14.4. The minimum Gasteiger partial charge on any atom is -0.503 e. The lowest BCUT2D eigenvalue weighted by Gasteiger charge is -2.13. The second-order valence-corrected chi connectivity index (χ2v) is 4.94. The van der Waals surface area contributed by atoms with Gasteiger partial charge in [-0.25, -0.2) is 0 Å². The van der Waals surface area contributed by atoms with Gasteiger partial charge in [0.25, 0.3) is 0 Å². The molecule has 0 aromatic heterocycles. The van der Waals surface area contributed by atoms with Crippen LogP contribution >= 0.6 is 0 Å². The fourth-order valence-electron chi connectivity index (χ4n) is 2.36. The van der Waals surface area contributed by atoms with Crippen molar-refractivity contribution in [2.75, 3.05) is 28.4 Å². The molecule has 2 aromatic rings. The van der Waals surface area contributed by atoms with Crippen molar-refractivity contribution in [2.24, 2.45) is 5.18 Å². The minimum atomic E-state index is -0.301. The van der Waals surface area contributed by atoms with Gasteiger partial charge in [0, 0.05) is 5.56 Å². The number of hydrogen-bond acceptors (Lipinski definition) is 7. The molecule has 0 spiro atoms. The molecule has 0 amide bonds. The molecule has 0 unspecified atom stereocenters. The third-order valence-electron chi connectivity index (χ3n) is 3.60. The van der Waals surface area contributed by atoms with Crippen LogP contribution in [0.3, 0.4) is 0 Å². The molecule has 7 heteroatoms. The van der Waals surface area contributed by atoms with Crippen LogP contribution < -0.4 is 18.9 Å². The van der Waals surface area contributed by atoms with Crippen LogP contribution in [0.25, 0.3) is 12.2 Å². The first-order chi connectivity index (χ1) is 12.1. The van der Waals surface area contributed by atoms with Gasteiger partial charge in [0.1, 0.15) is 0 Å². The van der Waals surface area contributed by atoms with E-state index in [1.54, 1.807) is 36.4 Å². The lowest BCUT2D eigenvalue weighted by Crippen LogP contribution is -1.95. The summed E-state index contributed by atoms with van der Waals surface area (Å²) in [6, 6.07) is 6.70. The normalized spacial score (nSPS) is 10.6. The zero-order valence-electron chi connectivity index (χ0n) is 14.4. The van der Waals surface area contributed by atoms with E-state index in [4.69, 9.17) is 18.9 Å². The fraction of sp³-hybridized carbons (Fsp3) is 0.222.